The summed E-state index contributed by atoms with van der Waals surface area (Å²) >= 11 is 6.22. The Morgan fingerprint density at radius 1 is 1.12 bits per heavy atom. The normalized spacial score (nSPS) is 17.4. The van der Waals surface area contributed by atoms with Crippen LogP contribution in [0.15, 0.2) is 42.5 Å². The van der Waals surface area contributed by atoms with Crippen LogP contribution >= 0.6 is 11.6 Å². The number of fused-ring (bicyclic) bond motifs is 3. The maximum atomic E-state index is 12.9. The Morgan fingerprint density at radius 3 is 2.70 bits per heavy atom. The first kappa shape index (κ1) is 23.4. The Kier molecular flexibility index (Phi) is 7.76. The average molecular weight is 470 g/mol. The number of hydrogen-bond acceptors (Lipinski definition) is 3. The van der Waals surface area contributed by atoms with Gasteiger partial charge in [0.1, 0.15) is 12.3 Å². The molecular weight excluding hydrogens is 438 g/mol. The molecule has 3 amide bonds. The van der Waals surface area contributed by atoms with Crippen LogP contribution in [0, 0.1) is 0 Å². The molecule has 0 saturated carbocycles. The summed E-state index contributed by atoms with van der Waals surface area (Å²) in [6.07, 6.45) is 6.81. The summed E-state index contributed by atoms with van der Waals surface area (Å²) in [5.41, 5.74) is 2.91. The summed E-state index contributed by atoms with van der Waals surface area (Å²) in [6.45, 7) is 4.11. The fraction of sp³-hybridized carbons (Fsp3) is 0.462. The van der Waals surface area contributed by atoms with E-state index < -0.39 is 0 Å². The van der Waals surface area contributed by atoms with E-state index in [9.17, 15) is 9.59 Å². The van der Waals surface area contributed by atoms with Gasteiger partial charge >= 0.3 is 6.03 Å². The third kappa shape index (κ3) is 5.80. The fourth-order valence-electron chi connectivity index (χ4n) is 4.58. The summed E-state index contributed by atoms with van der Waals surface area (Å²) in [5, 5.41) is 3.56. The lowest BCUT2D eigenvalue weighted by Crippen LogP contribution is -2.56. The minimum Gasteiger partial charge on any atom is -0.494 e. The van der Waals surface area contributed by atoms with E-state index in [0.717, 1.165) is 24.2 Å². The maximum absolute atomic E-state index is 12.9. The number of carbonyl (C=O) groups excluding carboxylic acids is 2. The minimum atomic E-state index is -0.276. The Bertz CT molecular complexity index is 979. The molecule has 2 aromatic rings. The molecule has 33 heavy (non-hydrogen) atoms. The van der Waals surface area contributed by atoms with Crippen molar-refractivity contribution in [1.82, 2.24) is 9.80 Å². The molecule has 4 rings (SSSR count). The lowest BCUT2D eigenvalue weighted by Gasteiger charge is -2.44. The van der Waals surface area contributed by atoms with Crippen molar-refractivity contribution in [2.75, 3.05) is 31.6 Å². The van der Waals surface area contributed by atoms with Gasteiger partial charge in [-0.3, -0.25) is 4.79 Å². The molecule has 1 saturated heterocycles. The Balaban J connectivity index is 1.33. The van der Waals surface area contributed by atoms with Crippen LogP contribution in [-0.2, 0) is 11.2 Å². The Labute approximate surface area is 200 Å². The van der Waals surface area contributed by atoms with Crippen LogP contribution in [0.3, 0.4) is 0 Å². The molecule has 0 spiro atoms. The average Bonchev–Trinajstić information content (AvgIpc) is 2.82. The summed E-state index contributed by atoms with van der Waals surface area (Å²) in [6, 6.07) is 12.8. The van der Waals surface area contributed by atoms with Gasteiger partial charge in [0.25, 0.3) is 0 Å². The summed E-state index contributed by atoms with van der Waals surface area (Å²) < 4.78 is 5.79. The molecule has 7 heteroatoms. The SMILES string of the molecule is CCCCCCCOc1ccc(NC(=O)N2CC(=O)N3CCc4ccc(Cl)cc4[C@@H]3C2)cc1. The summed E-state index contributed by atoms with van der Waals surface area (Å²) in [4.78, 5) is 29.2. The van der Waals surface area contributed by atoms with Gasteiger partial charge < -0.3 is 19.9 Å². The van der Waals surface area contributed by atoms with Crippen molar-refractivity contribution in [2.24, 2.45) is 0 Å². The molecule has 0 aromatic heterocycles. The van der Waals surface area contributed by atoms with Crippen LogP contribution in [0.1, 0.15) is 56.2 Å². The highest BCUT2D eigenvalue weighted by Crippen LogP contribution is 2.34. The number of rotatable bonds is 8. The molecule has 2 heterocycles. The van der Waals surface area contributed by atoms with E-state index in [1.165, 1.54) is 31.2 Å². The van der Waals surface area contributed by atoms with Crippen LogP contribution in [-0.4, -0.2) is 48.0 Å². The van der Waals surface area contributed by atoms with E-state index in [-0.39, 0.29) is 24.5 Å². The standard InChI is InChI=1S/C26H32ClN3O3/c1-2-3-4-5-6-15-33-22-11-9-21(10-12-22)28-26(32)29-17-24-23-16-20(27)8-7-19(23)13-14-30(24)25(31)18-29/h7-12,16,24H,2-6,13-15,17-18H2,1H3,(H,28,32)/t24-/m0/s1. The number of carbonyl (C=O) groups is 2. The second kappa shape index (κ2) is 10.9. The Morgan fingerprint density at radius 2 is 1.91 bits per heavy atom. The lowest BCUT2D eigenvalue weighted by molar-refractivity contribution is -0.139. The van der Waals surface area contributed by atoms with Gasteiger partial charge in [-0.1, -0.05) is 50.3 Å². The van der Waals surface area contributed by atoms with Crippen molar-refractivity contribution in [3.8, 4) is 5.75 Å². The molecule has 1 N–H and O–H groups in total. The van der Waals surface area contributed by atoms with E-state index in [1.54, 1.807) is 4.90 Å². The molecule has 176 valence electrons. The summed E-state index contributed by atoms with van der Waals surface area (Å²) in [7, 11) is 0. The van der Waals surface area contributed by atoms with Gasteiger partial charge in [0.2, 0.25) is 5.91 Å². The van der Waals surface area contributed by atoms with Crippen molar-refractivity contribution in [2.45, 2.75) is 51.5 Å². The van der Waals surface area contributed by atoms with Gasteiger partial charge in [0, 0.05) is 23.8 Å². The number of ether oxygens (including phenoxy) is 1. The van der Waals surface area contributed by atoms with Crippen LogP contribution < -0.4 is 10.1 Å². The predicted molar refractivity (Wildman–Crippen MR) is 131 cm³/mol. The van der Waals surface area contributed by atoms with Crippen molar-refractivity contribution in [3.05, 3.63) is 58.6 Å². The molecule has 0 aliphatic carbocycles. The van der Waals surface area contributed by atoms with Crippen LogP contribution in [0.5, 0.6) is 5.75 Å². The van der Waals surface area contributed by atoms with Crippen molar-refractivity contribution in [3.63, 3.8) is 0 Å². The quantitative estimate of drug-likeness (QED) is 0.507. The van der Waals surface area contributed by atoms with Crippen LogP contribution in [0.2, 0.25) is 5.02 Å². The molecule has 2 aliphatic rings. The second-order valence-corrected chi connectivity index (χ2v) is 9.23. The molecule has 1 atom stereocenters. The third-order valence-corrected chi connectivity index (χ3v) is 6.65. The highest BCUT2D eigenvalue weighted by atomic mass is 35.5. The highest BCUT2D eigenvalue weighted by Gasteiger charge is 2.38. The zero-order valence-electron chi connectivity index (χ0n) is 19.2. The summed E-state index contributed by atoms with van der Waals surface area (Å²) in [5.74, 6) is 0.762. The number of halogens is 1. The third-order valence-electron chi connectivity index (χ3n) is 6.41. The number of unbranched alkanes of at least 4 members (excludes halogenated alkanes) is 4. The van der Waals surface area contributed by atoms with Crippen LogP contribution in [0.4, 0.5) is 10.5 Å². The minimum absolute atomic E-state index is 0.0327. The van der Waals surface area contributed by atoms with E-state index in [4.69, 9.17) is 16.3 Å². The predicted octanol–water partition coefficient (Wildman–Crippen LogP) is 5.66. The van der Waals surface area contributed by atoms with E-state index in [2.05, 4.69) is 12.2 Å². The maximum Gasteiger partial charge on any atom is 0.322 e. The largest absolute Gasteiger partial charge is 0.494 e. The second-order valence-electron chi connectivity index (χ2n) is 8.79. The number of urea groups is 1. The van der Waals surface area contributed by atoms with E-state index in [0.29, 0.717) is 30.4 Å². The molecule has 2 aromatic carbocycles. The molecule has 0 radical (unpaired) electrons. The monoisotopic (exact) mass is 469 g/mol. The number of nitrogens with zero attached hydrogens (tertiary/aromatic N) is 2. The van der Waals surface area contributed by atoms with Gasteiger partial charge in [-0.25, -0.2) is 4.79 Å². The van der Waals surface area contributed by atoms with Crippen molar-refractivity contribution < 1.29 is 14.3 Å². The smallest absolute Gasteiger partial charge is 0.322 e. The van der Waals surface area contributed by atoms with Gasteiger partial charge in [-0.05, 0) is 60.4 Å². The Hall–Kier alpha value is -2.73. The molecule has 2 aliphatic heterocycles. The first-order valence-electron chi connectivity index (χ1n) is 11.9. The molecule has 1 fully saturated rings. The molecule has 0 bridgehead atoms. The van der Waals surface area contributed by atoms with E-state index >= 15 is 0 Å². The van der Waals surface area contributed by atoms with Gasteiger partial charge in [-0.15, -0.1) is 0 Å². The number of piperazine rings is 1. The molecular formula is C26H32ClN3O3. The van der Waals surface area contributed by atoms with Crippen molar-refractivity contribution in [1.29, 1.82) is 0 Å². The number of amides is 3. The van der Waals surface area contributed by atoms with Crippen molar-refractivity contribution >= 4 is 29.2 Å². The first-order valence-corrected chi connectivity index (χ1v) is 12.3. The zero-order chi connectivity index (χ0) is 23.2. The van der Waals surface area contributed by atoms with Gasteiger partial charge in [0.15, 0.2) is 0 Å². The molecule has 0 unspecified atom stereocenters. The fourth-order valence-corrected chi connectivity index (χ4v) is 4.76. The van der Waals surface area contributed by atoms with Crippen LogP contribution in [0.25, 0.3) is 0 Å². The lowest BCUT2D eigenvalue weighted by atomic mass is 9.91. The van der Waals surface area contributed by atoms with E-state index in [1.807, 2.05) is 47.4 Å². The van der Waals surface area contributed by atoms with Gasteiger partial charge in [0.05, 0.1) is 12.6 Å². The first-order chi connectivity index (χ1) is 16.0. The number of anilines is 1. The number of benzene rings is 2. The molecule has 6 nitrogen and oxygen atoms in total. The number of nitrogens with one attached hydrogen (secondary N) is 1. The zero-order valence-corrected chi connectivity index (χ0v) is 19.9. The topological polar surface area (TPSA) is 61.9 Å². The number of hydrogen-bond donors (Lipinski definition) is 1. The van der Waals surface area contributed by atoms with Gasteiger partial charge in [-0.2, -0.15) is 0 Å². The highest BCUT2D eigenvalue weighted by molar-refractivity contribution is 6.30.